The van der Waals surface area contributed by atoms with Gasteiger partial charge in [0.2, 0.25) is 0 Å². The fourth-order valence-electron chi connectivity index (χ4n) is 10.4. The summed E-state index contributed by atoms with van der Waals surface area (Å²) in [5, 5.41) is 6.84. The summed E-state index contributed by atoms with van der Waals surface area (Å²) in [7, 11) is -2.78. The number of allylic oxidation sites excluding steroid dienone is 4. The maximum absolute atomic E-state index is 2.80. The molecule has 65 heavy (non-hydrogen) atoms. The van der Waals surface area contributed by atoms with Crippen LogP contribution in [0.1, 0.15) is 242 Å². The molecule has 0 spiro atoms. The first-order valence-corrected chi connectivity index (χ1v) is 29.6. The van der Waals surface area contributed by atoms with Gasteiger partial charge in [-0.15, -0.1) is 0 Å². The van der Waals surface area contributed by atoms with Gasteiger partial charge in [-0.1, -0.05) is 0 Å². The Bertz CT molecular complexity index is 1530. The van der Waals surface area contributed by atoms with Gasteiger partial charge in [0.1, 0.15) is 0 Å². The summed E-state index contributed by atoms with van der Waals surface area (Å²) in [6.07, 6.45) is 42.6. The molecule has 0 saturated heterocycles. The van der Waals surface area contributed by atoms with Gasteiger partial charge in [0.15, 0.2) is 0 Å². The van der Waals surface area contributed by atoms with Crippen LogP contribution in [0.4, 0.5) is 0 Å². The molecular formula is C60H93Cl3SiTi. The first kappa shape index (κ1) is 62.0. The van der Waals surface area contributed by atoms with Crippen molar-refractivity contribution in [2.24, 2.45) is 0 Å². The van der Waals surface area contributed by atoms with Crippen molar-refractivity contribution in [2.75, 3.05) is 0 Å². The number of unbranched alkanes of at least 4 members (excludes halogenated alkanes) is 18. The van der Waals surface area contributed by atoms with E-state index < -0.39 is 8.07 Å². The van der Waals surface area contributed by atoms with Crippen LogP contribution in [0.5, 0.6) is 0 Å². The predicted molar refractivity (Wildman–Crippen MR) is 276 cm³/mol. The molecular weight excluding hydrogens is 903 g/mol. The predicted octanol–water partition coefficient (Wildman–Crippen LogP) is 7.60. The smallest absolute Gasteiger partial charge is 1.00 e. The zero-order valence-corrected chi connectivity index (χ0v) is 47.7. The van der Waals surface area contributed by atoms with E-state index >= 15 is 0 Å². The van der Waals surface area contributed by atoms with Crippen molar-refractivity contribution in [3.8, 4) is 0 Å². The summed E-state index contributed by atoms with van der Waals surface area (Å²) in [6, 6.07) is 24.8. The quantitative estimate of drug-likeness (QED) is 0.0329. The van der Waals surface area contributed by atoms with E-state index in [2.05, 4.69) is 130 Å². The second-order valence-electron chi connectivity index (χ2n) is 19.7. The molecule has 4 rings (SSSR count). The Morgan fingerprint density at radius 1 is 0.354 bits per heavy atom. The van der Waals surface area contributed by atoms with Gasteiger partial charge in [-0.2, -0.15) is 0 Å². The Morgan fingerprint density at radius 3 is 0.769 bits per heavy atom. The number of hydrogen-bond acceptors (Lipinski definition) is 0. The van der Waals surface area contributed by atoms with E-state index in [0.717, 1.165) is 6.42 Å². The van der Waals surface area contributed by atoms with Crippen LogP contribution in [-0.2, 0) is 59.0 Å². The van der Waals surface area contributed by atoms with Gasteiger partial charge in [-0.3, -0.25) is 0 Å². The van der Waals surface area contributed by atoms with E-state index in [4.69, 9.17) is 0 Å². The van der Waals surface area contributed by atoms with E-state index in [-0.39, 0.29) is 37.2 Å². The Balaban J connectivity index is 0.00000704. The maximum Gasteiger partial charge on any atom is -1.00 e. The first-order chi connectivity index (χ1) is 30.3. The zero-order valence-electron chi connectivity index (χ0n) is 42.8. The standard InChI is InChI=1S/C60H93Si.3ClH.Ti/c1-8-14-20-26-32-51-41-52(33-27-21-15-9-2)45-58(44-51)61(57-39-38-50(7)40-57,59-46-53(34-28-22-16-10-3)42-54(47-59)35-29-23-17-11-4)60-48-55(36-30-24-18-12-5)43-56(49-60)37-31-25-19-13-6;;;;/h38,41-49H,8-37,39H2,1-7H3;3*1H;/q;;;;+3/p-3. The summed E-state index contributed by atoms with van der Waals surface area (Å²) < 4.78 is 1.59. The number of rotatable bonds is 34. The Hall–Kier alpha value is -1.06. The molecule has 0 fully saturated rings. The molecule has 0 radical (unpaired) electrons. The van der Waals surface area contributed by atoms with Crippen LogP contribution in [0.15, 0.2) is 75.3 Å². The van der Waals surface area contributed by atoms with Gasteiger partial charge in [0, 0.05) is 0 Å². The van der Waals surface area contributed by atoms with Crippen molar-refractivity contribution in [2.45, 2.75) is 248 Å². The Morgan fingerprint density at radius 2 is 0.585 bits per heavy atom. The van der Waals surface area contributed by atoms with Crippen LogP contribution in [0.25, 0.3) is 0 Å². The normalized spacial score (nSPS) is 12.5. The van der Waals surface area contributed by atoms with Crippen LogP contribution in [0, 0.1) is 0 Å². The average Bonchev–Trinajstić information content (AvgIpc) is 3.61. The molecule has 0 unspecified atom stereocenters. The Labute approximate surface area is 434 Å². The van der Waals surface area contributed by atoms with Crippen LogP contribution >= 0.6 is 0 Å². The van der Waals surface area contributed by atoms with Gasteiger partial charge >= 0.3 is 400 Å². The van der Waals surface area contributed by atoms with Crippen LogP contribution in [-0.4, -0.2) is 8.07 Å². The topological polar surface area (TPSA) is 0 Å². The molecule has 0 heterocycles. The first-order valence-electron chi connectivity index (χ1n) is 26.9. The van der Waals surface area contributed by atoms with Crippen molar-refractivity contribution in [3.05, 3.63) is 109 Å². The summed E-state index contributed by atoms with van der Waals surface area (Å²) in [4.78, 5) is 0. The van der Waals surface area contributed by atoms with Gasteiger partial charge in [0.25, 0.3) is 0 Å². The zero-order chi connectivity index (χ0) is 44.4. The summed E-state index contributed by atoms with van der Waals surface area (Å²) >= 11 is 2.51. The molecule has 1 aliphatic carbocycles. The van der Waals surface area contributed by atoms with Crippen LogP contribution in [0.2, 0.25) is 0 Å². The average molecular weight is 997 g/mol. The molecule has 0 bridgehead atoms. The molecule has 0 saturated carbocycles. The third kappa shape index (κ3) is 20.1. The summed E-state index contributed by atoms with van der Waals surface area (Å²) in [5.74, 6) is 0. The SMILES string of the molecule is CCCCCCc1cc(CCCCCC)cc([Si](C2=[C]([Ti+3])C(C)=CC2)(c2cc(CCCCCC)cc(CCCCCC)c2)c2cc(CCCCCC)cc(CCCCCC)c2)c1.[Cl-].[Cl-].[Cl-]. The van der Waals surface area contributed by atoms with E-state index in [1.807, 2.05) is 0 Å². The molecule has 0 aromatic heterocycles. The maximum atomic E-state index is 2.80. The molecule has 0 nitrogen and oxygen atoms in total. The van der Waals surface area contributed by atoms with Crippen molar-refractivity contribution < 1.29 is 57.7 Å². The van der Waals surface area contributed by atoms with E-state index in [9.17, 15) is 0 Å². The molecule has 1 aliphatic rings. The van der Waals surface area contributed by atoms with E-state index in [1.54, 1.807) is 58.0 Å². The second kappa shape index (κ2) is 36.0. The monoisotopic (exact) mass is 995 g/mol. The molecule has 5 heteroatoms. The van der Waals surface area contributed by atoms with Gasteiger partial charge in [-0.25, -0.2) is 0 Å². The van der Waals surface area contributed by atoms with Crippen molar-refractivity contribution in [3.63, 3.8) is 0 Å². The third-order valence-electron chi connectivity index (χ3n) is 14.1. The minimum atomic E-state index is -2.78. The molecule has 0 aliphatic heterocycles. The number of aryl methyl sites for hydroxylation is 6. The van der Waals surface area contributed by atoms with Crippen molar-refractivity contribution in [1.82, 2.24) is 0 Å². The molecule has 3 aromatic rings. The van der Waals surface area contributed by atoms with Gasteiger partial charge < -0.3 is 37.2 Å². The fourth-order valence-corrected chi connectivity index (χ4v) is 17.0. The minimum Gasteiger partial charge on any atom is -1.00 e. The van der Waals surface area contributed by atoms with E-state index in [0.29, 0.717) is 0 Å². The van der Waals surface area contributed by atoms with Crippen molar-refractivity contribution in [1.29, 1.82) is 0 Å². The fraction of sp³-hybridized carbons (Fsp3) is 0.633. The van der Waals surface area contributed by atoms with Crippen LogP contribution in [0.3, 0.4) is 0 Å². The molecule has 0 amide bonds. The number of halogens is 3. The molecule has 0 N–H and O–H groups in total. The summed E-state index contributed by atoms with van der Waals surface area (Å²) in [5.41, 5.74) is 11.1. The summed E-state index contributed by atoms with van der Waals surface area (Å²) in [6.45, 7) is 16.5. The van der Waals surface area contributed by atoms with E-state index in [1.165, 1.54) is 198 Å². The molecule has 3 aromatic carbocycles. The molecule has 362 valence electrons. The van der Waals surface area contributed by atoms with Crippen molar-refractivity contribution >= 4 is 23.6 Å². The minimum absolute atomic E-state index is 0. The second-order valence-corrected chi connectivity index (χ2v) is 24.3. The number of benzene rings is 3. The number of hydrogen-bond donors (Lipinski definition) is 0. The molecule has 0 atom stereocenters. The Kier molecular flexibility index (Phi) is 34.3. The van der Waals surface area contributed by atoms with Crippen LogP contribution < -0.4 is 52.8 Å². The van der Waals surface area contributed by atoms with Gasteiger partial charge in [0.05, 0.1) is 0 Å². The van der Waals surface area contributed by atoms with Gasteiger partial charge in [-0.05, 0) is 0 Å². The third-order valence-corrected chi connectivity index (χ3v) is 20.4. The largest absolute Gasteiger partial charge is 1.00 e.